The van der Waals surface area contributed by atoms with Gasteiger partial charge >= 0.3 is 0 Å². The Morgan fingerprint density at radius 3 is 1.61 bits per heavy atom. The summed E-state index contributed by atoms with van der Waals surface area (Å²) in [5.74, 6) is 0. The fourth-order valence-electron chi connectivity index (χ4n) is 6.19. The van der Waals surface area contributed by atoms with Gasteiger partial charge in [0.25, 0.3) is 0 Å². The zero-order chi connectivity index (χ0) is 27.9. The van der Waals surface area contributed by atoms with E-state index >= 15 is 0 Å². The van der Waals surface area contributed by atoms with Gasteiger partial charge < -0.3 is 5.41 Å². The maximum Gasteiger partial charge on any atom is 0.0606 e. The van der Waals surface area contributed by atoms with Gasteiger partial charge in [-0.05, 0) is 90.3 Å². The summed E-state index contributed by atoms with van der Waals surface area (Å²) in [5.41, 5.74) is 9.82. The van der Waals surface area contributed by atoms with Crippen molar-refractivity contribution < 1.29 is 0 Å². The Kier molecular flexibility index (Phi) is 6.06. The summed E-state index contributed by atoms with van der Waals surface area (Å²) in [4.78, 5) is 0. The van der Waals surface area contributed by atoms with Crippen molar-refractivity contribution in [2.45, 2.75) is 6.92 Å². The Bertz CT molecular complexity index is 2070. The lowest BCUT2D eigenvalue weighted by molar-refractivity contribution is 1.47. The van der Waals surface area contributed by atoms with Gasteiger partial charge in [-0.25, -0.2) is 0 Å². The van der Waals surface area contributed by atoms with Gasteiger partial charge in [0.15, 0.2) is 0 Å². The van der Waals surface area contributed by atoms with Crippen LogP contribution in [-0.4, -0.2) is 5.71 Å². The summed E-state index contributed by atoms with van der Waals surface area (Å²) in [6.45, 7) is 5.94. The molecule has 0 saturated heterocycles. The molecule has 0 saturated carbocycles. The predicted molar refractivity (Wildman–Crippen MR) is 177 cm³/mol. The number of allylic oxidation sites excluding steroid dienone is 1. The fraction of sp³-hybridized carbons (Fsp3) is 0.0250. The molecule has 0 heterocycles. The topological polar surface area (TPSA) is 23.9 Å². The van der Waals surface area contributed by atoms with E-state index in [2.05, 4.69) is 135 Å². The van der Waals surface area contributed by atoms with Gasteiger partial charge in [0, 0.05) is 0 Å². The Hall–Kier alpha value is -5.27. The van der Waals surface area contributed by atoms with E-state index in [1.54, 1.807) is 6.08 Å². The average Bonchev–Trinajstić information content (AvgIpc) is 3.03. The summed E-state index contributed by atoms with van der Waals surface area (Å²) in [6, 6.07) is 47.9. The second kappa shape index (κ2) is 10.0. The molecule has 7 rings (SSSR count). The van der Waals surface area contributed by atoms with Gasteiger partial charge in [0.1, 0.15) is 0 Å². The van der Waals surface area contributed by atoms with Crippen LogP contribution in [0.25, 0.3) is 65.7 Å². The van der Waals surface area contributed by atoms with Crippen molar-refractivity contribution in [2.24, 2.45) is 0 Å². The largest absolute Gasteiger partial charge is 0.300 e. The van der Waals surface area contributed by atoms with E-state index < -0.39 is 0 Å². The van der Waals surface area contributed by atoms with Gasteiger partial charge in [-0.2, -0.15) is 0 Å². The molecule has 0 atom stereocenters. The molecule has 0 aromatic heterocycles. The zero-order valence-electron chi connectivity index (χ0n) is 23.0. The highest BCUT2D eigenvalue weighted by Gasteiger charge is 2.19. The number of aryl methyl sites for hydroxylation is 1. The summed E-state index contributed by atoms with van der Waals surface area (Å²) < 4.78 is 0. The minimum atomic E-state index is 0.428. The predicted octanol–water partition coefficient (Wildman–Crippen LogP) is 11.0. The van der Waals surface area contributed by atoms with E-state index in [0.717, 1.165) is 11.1 Å². The second-order valence-corrected chi connectivity index (χ2v) is 10.6. The third kappa shape index (κ3) is 4.15. The number of hydrogen-bond acceptors (Lipinski definition) is 1. The third-order valence-corrected chi connectivity index (χ3v) is 8.15. The standard InChI is InChI=1S/C40H29N/c1-3-38(41)28-11-10-12-29(25-28)39-33-15-6-8-17-35(33)40(36-18-9-7-16-34(36)39)37-24-23-30(27-21-19-26(2)20-22-27)31-13-4-5-14-32(31)37/h3-25,41H,1H2,2H3. The molecule has 0 aliphatic rings. The molecule has 1 nitrogen and oxygen atoms in total. The van der Waals surface area contributed by atoms with Crippen LogP contribution in [0.3, 0.4) is 0 Å². The van der Waals surface area contributed by atoms with Gasteiger partial charge in [-0.15, -0.1) is 0 Å². The van der Waals surface area contributed by atoms with E-state index in [-0.39, 0.29) is 0 Å². The highest BCUT2D eigenvalue weighted by Crippen LogP contribution is 2.46. The highest BCUT2D eigenvalue weighted by molar-refractivity contribution is 6.24. The minimum absolute atomic E-state index is 0.428. The SMILES string of the molecule is C=CC(=N)c1cccc(-c2c3ccccc3c(-c3ccc(-c4ccc(C)cc4)c4ccccc34)c3ccccc23)c1. The molecule has 0 aliphatic heterocycles. The molecule has 7 aromatic carbocycles. The van der Waals surface area contributed by atoms with Crippen molar-refractivity contribution in [1.82, 2.24) is 0 Å². The van der Waals surface area contributed by atoms with Crippen molar-refractivity contribution in [3.05, 3.63) is 157 Å². The molecule has 0 radical (unpaired) electrons. The Morgan fingerprint density at radius 1 is 0.512 bits per heavy atom. The van der Waals surface area contributed by atoms with Crippen molar-refractivity contribution in [3.8, 4) is 33.4 Å². The van der Waals surface area contributed by atoms with Crippen LogP contribution in [0.2, 0.25) is 0 Å². The molecule has 0 spiro atoms. The summed E-state index contributed by atoms with van der Waals surface area (Å²) in [6.07, 6.45) is 1.60. The molecule has 194 valence electrons. The van der Waals surface area contributed by atoms with Crippen LogP contribution in [-0.2, 0) is 0 Å². The number of rotatable bonds is 5. The first-order valence-electron chi connectivity index (χ1n) is 14.0. The van der Waals surface area contributed by atoms with Crippen LogP contribution < -0.4 is 0 Å². The maximum atomic E-state index is 8.36. The van der Waals surface area contributed by atoms with E-state index in [9.17, 15) is 0 Å². The van der Waals surface area contributed by atoms with Gasteiger partial charge in [0.2, 0.25) is 0 Å². The summed E-state index contributed by atoms with van der Waals surface area (Å²) >= 11 is 0. The Balaban J connectivity index is 1.57. The van der Waals surface area contributed by atoms with Crippen LogP contribution in [0.4, 0.5) is 0 Å². The van der Waals surface area contributed by atoms with Gasteiger partial charge in [0.05, 0.1) is 5.71 Å². The van der Waals surface area contributed by atoms with E-state index in [1.807, 2.05) is 12.1 Å². The van der Waals surface area contributed by atoms with Crippen molar-refractivity contribution in [2.75, 3.05) is 0 Å². The van der Waals surface area contributed by atoms with E-state index in [0.29, 0.717) is 5.71 Å². The lowest BCUT2D eigenvalue weighted by Gasteiger charge is -2.20. The van der Waals surface area contributed by atoms with Crippen molar-refractivity contribution in [1.29, 1.82) is 5.41 Å². The lowest BCUT2D eigenvalue weighted by Crippen LogP contribution is -1.95. The number of benzene rings is 7. The monoisotopic (exact) mass is 523 g/mol. The molecule has 7 aromatic rings. The Labute approximate surface area is 240 Å². The van der Waals surface area contributed by atoms with Crippen LogP contribution >= 0.6 is 0 Å². The Morgan fingerprint density at radius 2 is 1.02 bits per heavy atom. The molecular weight excluding hydrogens is 494 g/mol. The summed E-state index contributed by atoms with van der Waals surface area (Å²) in [5, 5.41) is 15.7. The first kappa shape index (κ1) is 24.7. The van der Waals surface area contributed by atoms with Crippen molar-refractivity contribution >= 4 is 38.0 Å². The van der Waals surface area contributed by atoms with E-state index in [1.165, 1.54) is 65.7 Å². The smallest absolute Gasteiger partial charge is 0.0606 e. The zero-order valence-corrected chi connectivity index (χ0v) is 23.0. The molecule has 0 unspecified atom stereocenters. The van der Waals surface area contributed by atoms with Gasteiger partial charge in [-0.3, -0.25) is 0 Å². The van der Waals surface area contributed by atoms with E-state index in [4.69, 9.17) is 5.41 Å². The maximum absolute atomic E-state index is 8.36. The minimum Gasteiger partial charge on any atom is -0.300 e. The van der Waals surface area contributed by atoms with Crippen LogP contribution in [0.5, 0.6) is 0 Å². The number of hydrogen-bond donors (Lipinski definition) is 1. The average molecular weight is 524 g/mol. The molecule has 41 heavy (non-hydrogen) atoms. The number of nitrogens with one attached hydrogen (secondary N) is 1. The molecule has 1 N–H and O–H groups in total. The molecule has 0 aliphatic carbocycles. The summed E-state index contributed by atoms with van der Waals surface area (Å²) in [7, 11) is 0. The van der Waals surface area contributed by atoms with Crippen LogP contribution in [0.1, 0.15) is 11.1 Å². The molecular formula is C40H29N. The third-order valence-electron chi connectivity index (χ3n) is 8.15. The van der Waals surface area contributed by atoms with Crippen molar-refractivity contribution in [3.63, 3.8) is 0 Å². The fourth-order valence-corrected chi connectivity index (χ4v) is 6.19. The first-order valence-corrected chi connectivity index (χ1v) is 14.0. The normalized spacial score (nSPS) is 11.2. The molecule has 0 fully saturated rings. The first-order chi connectivity index (χ1) is 20.1. The highest BCUT2D eigenvalue weighted by atomic mass is 14.4. The molecule has 1 heteroatoms. The molecule has 0 amide bonds. The van der Waals surface area contributed by atoms with Crippen LogP contribution in [0, 0.1) is 12.3 Å². The number of fused-ring (bicyclic) bond motifs is 3. The second-order valence-electron chi connectivity index (χ2n) is 10.6. The quantitative estimate of drug-likeness (QED) is 0.171. The van der Waals surface area contributed by atoms with Crippen LogP contribution in [0.15, 0.2) is 146 Å². The lowest BCUT2D eigenvalue weighted by atomic mass is 9.83. The van der Waals surface area contributed by atoms with Gasteiger partial charge in [-0.1, -0.05) is 140 Å². The molecule has 0 bridgehead atoms.